The zero-order valence-corrected chi connectivity index (χ0v) is 9.60. The average Bonchev–Trinajstić information content (AvgIpc) is 2.15. The lowest BCUT2D eigenvalue weighted by Crippen LogP contribution is -2.54. The van der Waals surface area contributed by atoms with Crippen LogP contribution in [0.15, 0.2) is 0 Å². The normalized spacial score (nSPS) is 22.3. The maximum Gasteiger partial charge on any atom is 0.0615 e. The third-order valence-electron chi connectivity index (χ3n) is 2.75. The Hall–Kier alpha value is -0.120. The molecule has 14 heavy (non-hydrogen) atoms. The van der Waals surface area contributed by atoms with E-state index in [-0.39, 0.29) is 17.6 Å². The van der Waals surface area contributed by atoms with Crippen molar-refractivity contribution < 1.29 is 9.84 Å². The molecular formula is C11H23NO2. The fraction of sp³-hybridized carbons (Fsp3) is 1.00. The lowest BCUT2D eigenvalue weighted by Gasteiger charge is -2.38. The molecule has 0 saturated carbocycles. The molecule has 0 unspecified atom stereocenters. The number of nitrogens with one attached hydrogen (secondary N) is 1. The lowest BCUT2D eigenvalue weighted by molar-refractivity contribution is 0.00849. The molecule has 2 N–H and O–H groups in total. The Kier molecular flexibility index (Phi) is 3.93. The zero-order valence-electron chi connectivity index (χ0n) is 9.60. The van der Waals surface area contributed by atoms with E-state index in [9.17, 15) is 5.11 Å². The van der Waals surface area contributed by atoms with E-state index in [4.69, 9.17) is 4.74 Å². The van der Waals surface area contributed by atoms with E-state index in [2.05, 4.69) is 26.1 Å². The van der Waals surface area contributed by atoms with Gasteiger partial charge < -0.3 is 15.2 Å². The molecule has 0 amide bonds. The van der Waals surface area contributed by atoms with Crippen molar-refractivity contribution in [3.05, 3.63) is 0 Å². The van der Waals surface area contributed by atoms with Crippen LogP contribution in [0.3, 0.4) is 0 Å². The molecule has 3 heteroatoms. The molecular weight excluding hydrogens is 178 g/mol. The van der Waals surface area contributed by atoms with Gasteiger partial charge in [0.1, 0.15) is 0 Å². The molecule has 1 aliphatic rings. The molecule has 1 fully saturated rings. The van der Waals surface area contributed by atoms with Gasteiger partial charge >= 0.3 is 0 Å². The fourth-order valence-corrected chi connectivity index (χ4v) is 1.61. The number of ether oxygens (including phenoxy) is 1. The van der Waals surface area contributed by atoms with Crippen molar-refractivity contribution in [1.82, 2.24) is 5.32 Å². The summed E-state index contributed by atoms with van der Waals surface area (Å²) in [5.41, 5.74) is 0.173. The standard InChI is InChI=1S/C11H23NO2/c1-10(2,3)8-12-11(9-13)4-6-14-7-5-11/h12-13H,4-9H2,1-3H3. The Morgan fingerprint density at radius 3 is 2.29 bits per heavy atom. The molecule has 1 saturated heterocycles. The van der Waals surface area contributed by atoms with Gasteiger partial charge in [-0.05, 0) is 18.3 Å². The van der Waals surface area contributed by atoms with Crippen LogP contribution in [-0.2, 0) is 4.74 Å². The Morgan fingerprint density at radius 2 is 1.86 bits per heavy atom. The smallest absolute Gasteiger partial charge is 0.0615 e. The summed E-state index contributed by atoms with van der Waals surface area (Å²) in [6.07, 6.45) is 1.83. The van der Waals surface area contributed by atoms with Gasteiger partial charge in [0.15, 0.2) is 0 Å². The number of hydrogen-bond acceptors (Lipinski definition) is 3. The van der Waals surface area contributed by atoms with E-state index in [1.807, 2.05) is 0 Å². The number of rotatable bonds is 3. The molecule has 0 aromatic heterocycles. The van der Waals surface area contributed by atoms with Gasteiger partial charge in [-0.25, -0.2) is 0 Å². The topological polar surface area (TPSA) is 41.5 Å². The second kappa shape index (κ2) is 4.60. The van der Waals surface area contributed by atoms with Crippen LogP contribution in [0, 0.1) is 5.41 Å². The van der Waals surface area contributed by atoms with Crippen molar-refractivity contribution in [2.45, 2.75) is 39.2 Å². The van der Waals surface area contributed by atoms with Crippen LogP contribution in [0.1, 0.15) is 33.6 Å². The maximum absolute atomic E-state index is 9.42. The van der Waals surface area contributed by atoms with E-state index < -0.39 is 0 Å². The first-order chi connectivity index (χ1) is 6.47. The Bertz CT molecular complexity index is 169. The molecule has 84 valence electrons. The summed E-state index contributed by atoms with van der Waals surface area (Å²) < 4.78 is 5.31. The lowest BCUT2D eigenvalue weighted by atomic mass is 9.88. The molecule has 1 heterocycles. The van der Waals surface area contributed by atoms with Gasteiger partial charge in [-0.1, -0.05) is 20.8 Å². The zero-order chi connectivity index (χ0) is 10.7. The number of aliphatic hydroxyl groups excluding tert-OH is 1. The minimum absolute atomic E-state index is 0.0917. The van der Waals surface area contributed by atoms with Crippen LogP contribution in [0.4, 0.5) is 0 Å². The van der Waals surface area contributed by atoms with Crippen molar-refractivity contribution in [2.75, 3.05) is 26.4 Å². The predicted octanol–water partition coefficient (Wildman–Crippen LogP) is 1.16. The second-order valence-electron chi connectivity index (χ2n) is 5.47. The van der Waals surface area contributed by atoms with Crippen molar-refractivity contribution >= 4 is 0 Å². The molecule has 0 aromatic rings. The van der Waals surface area contributed by atoms with Gasteiger partial charge in [0.2, 0.25) is 0 Å². The monoisotopic (exact) mass is 201 g/mol. The summed E-state index contributed by atoms with van der Waals surface area (Å²) in [6.45, 7) is 9.27. The van der Waals surface area contributed by atoms with Crippen molar-refractivity contribution in [2.24, 2.45) is 5.41 Å². The van der Waals surface area contributed by atoms with E-state index in [1.165, 1.54) is 0 Å². The Morgan fingerprint density at radius 1 is 1.29 bits per heavy atom. The van der Waals surface area contributed by atoms with E-state index in [0.29, 0.717) is 0 Å². The van der Waals surface area contributed by atoms with Crippen LogP contribution in [0.25, 0.3) is 0 Å². The highest BCUT2D eigenvalue weighted by molar-refractivity contribution is 4.90. The van der Waals surface area contributed by atoms with Crippen LogP contribution in [-0.4, -0.2) is 37.0 Å². The molecule has 1 aliphatic heterocycles. The SMILES string of the molecule is CC(C)(C)CNC1(CO)CCOCC1. The van der Waals surface area contributed by atoms with E-state index in [0.717, 1.165) is 32.6 Å². The van der Waals surface area contributed by atoms with Crippen molar-refractivity contribution in [1.29, 1.82) is 0 Å². The van der Waals surface area contributed by atoms with Crippen LogP contribution >= 0.6 is 0 Å². The van der Waals surface area contributed by atoms with Crippen LogP contribution < -0.4 is 5.32 Å². The molecule has 0 spiro atoms. The van der Waals surface area contributed by atoms with Crippen LogP contribution in [0.5, 0.6) is 0 Å². The van der Waals surface area contributed by atoms with Gasteiger partial charge in [0, 0.05) is 25.3 Å². The number of hydrogen-bond donors (Lipinski definition) is 2. The molecule has 1 rings (SSSR count). The summed E-state index contributed by atoms with van der Waals surface area (Å²) in [5.74, 6) is 0. The van der Waals surface area contributed by atoms with Crippen molar-refractivity contribution in [3.8, 4) is 0 Å². The third-order valence-corrected chi connectivity index (χ3v) is 2.75. The highest BCUT2D eigenvalue weighted by Crippen LogP contribution is 2.22. The molecule has 3 nitrogen and oxygen atoms in total. The highest BCUT2D eigenvalue weighted by atomic mass is 16.5. The third kappa shape index (κ3) is 3.56. The van der Waals surface area contributed by atoms with E-state index >= 15 is 0 Å². The largest absolute Gasteiger partial charge is 0.394 e. The maximum atomic E-state index is 9.42. The Balaban J connectivity index is 2.44. The first-order valence-electron chi connectivity index (χ1n) is 5.41. The van der Waals surface area contributed by atoms with Gasteiger partial charge in [0.25, 0.3) is 0 Å². The fourth-order valence-electron chi connectivity index (χ4n) is 1.61. The van der Waals surface area contributed by atoms with Gasteiger partial charge in [-0.3, -0.25) is 0 Å². The quantitative estimate of drug-likeness (QED) is 0.720. The van der Waals surface area contributed by atoms with E-state index in [1.54, 1.807) is 0 Å². The molecule has 0 aromatic carbocycles. The molecule has 0 atom stereocenters. The van der Waals surface area contributed by atoms with Crippen molar-refractivity contribution in [3.63, 3.8) is 0 Å². The minimum atomic E-state index is -0.0917. The van der Waals surface area contributed by atoms with Gasteiger partial charge in [-0.15, -0.1) is 0 Å². The summed E-state index contributed by atoms with van der Waals surface area (Å²) in [7, 11) is 0. The predicted molar refractivity (Wildman–Crippen MR) is 57.3 cm³/mol. The molecule has 0 aliphatic carbocycles. The van der Waals surface area contributed by atoms with Gasteiger partial charge in [0.05, 0.1) is 6.61 Å². The Labute approximate surface area is 86.8 Å². The summed E-state index contributed by atoms with van der Waals surface area (Å²) in [4.78, 5) is 0. The molecule has 0 radical (unpaired) electrons. The minimum Gasteiger partial charge on any atom is -0.394 e. The molecule has 0 bridgehead atoms. The average molecular weight is 201 g/mol. The van der Waals surface area contributed by atoms with Gasteiger partial charge in [-0.2, -0.15) is 0 Å². The summed E-state index contributed by atoms with van der Waals surface area (Å²) in [6, 6.07) is 0. The number of aliphatic hydroxyl groups is 1. The highest BCUT2D eigenvalue weighted by Gasteiger charge is 2.32. The summed E-state index contributed by atoms with van der Waals surface area (Å²) in [5, 5.41) is 12.9. The van der Waals surface area contributed by atoms with Crippen LogP contribution in [0.2, 0.25) is 0 Å². The summed E-state index contributed by atoms with van der Waals surface area (Å²) >= 11 is 0. The first-order valence-corrected chi connectivity index (χ1v) is 5.41. The second-order valence-corrected chi connectivity index (χ2v) is 5.47. The first kappa shape index (κ1) is 12.0.